The Hall–Kier alpha value is -2.55. The molecule has 1 aromatic carbocycles. The van der Waals surface area contributed by atoms with Crippen LogP contribution in [0.4, 0.5) is 17.6 Å². The molecular formula is C22H23F4N3O2. The fourth-order valence-corrected chi connectivity index (χ4v) is 5.49. The fourth-order valence-electron chi connectivity index (χ4n) is 5.49. The maximum Gasteiger partial charge on any atom is 0.255 e. The molecule has 1 aromatic heterocycles. The van der Waals surface area contributed by atoms with E-state index in [1.165, 1.54) is 6.07 Å². The lowest BCUT2D eigenvalue weighted by Gasteiger charge is -2.41. The summed E-state index contributed by atoms with van der Waals surface area (Å²) < 4.78 is 54.8. The first-order valence-corrected chi connectivity index (χ1v) is 10.1. The van der Waals surface area contributed by atoms with E-state index in [1.54, 1.807) is 6.07 Å². The van der Waals surface area contributed by atoms with E-state index in [2.05, 4.69) is 10.2 Å². The predicted molar refractivity (Wildman–Crippen MR) is 104 cm³/mol. The summed E-state index contributed by atoms with van der Waals surface area (Å²) in [5, 5.41) is 17.7. The van der Waals surface area contributed by atoms with Crippen molar-refractivity contribution >= 4 is 5.91 Å². The standard InChI is InChI=1S/C22H23F4N3O2/c1-21(2)13-6-7-22(21,11-29(9-17(25)26)18(31)10-30)20-12(13)8-16(27-28-20)19-14(23)4-3-5-15(19)24/h3-5,8,13,17,30H,6-7,9-11H2,1-2H3/t13-,22-/m0/s1. The highest BCUT2D eigenvalue weighted by molar-refractivity contribution is 5.77. The molecule has 0 aliphatic heterocycles. The molecule has 1 N–H and O–H groups in total. The Kier molecular flexibility index (Phi) is 5.28. The zero-order valence-electron chi connectivity index (χ0n) is 17.2. The van der Waals surface area contributed by atoms with Gasteiger partial charge in [0.25, 0.3) is 6.43 Å². The average molecular weight is 437 g/mol. The second-order valence-electron chi connectivity index (χ2n) is 8.85. The third-order valence-electron chi connectivity index (χ3n) is 7.14. The van der Waals surface area contributed by atoms with Crippen molar-refractivity contribution in [3.63, 3.8) is 0 Å². The third kappa shape index (κ3) is 3.21. The van der Waals surface area contributed by atoms with Gasteiger partial charge in [-0.3, -0.25) is 4.79 Å². The maximum absolute atomic E-state index is 14.3. The normalized spacial score (nSPS) is 23.3. The summed E-state index contributed by atoms with van der Waals surface area (Å²) in [6, 6.07) is 5.19. The van der Waals surface area contributed by atoms with Gasteiger partial charge in [0.1, 0.15) is 18.2 Å². The van der Waals surface area contributed by atoms with Crippen LogP contribution < -0.4 is 0 Å². The minimum absolute atomic E-state index is 0.0239. The quantitative estimate of drug-likeness (QED) is 0.701. The molecule has 5 nitrogen and oxygen atoms in total. The topological polar surface area (TPSA) is 66.3 Å². The first-order chi connectivity index (χ1) is 14.6. The van der Waals surface area contributed by atoms with Crippen LogP contribution in [0.15, 0.2) is 24.3 Å². The summed E-state index contributed by atoms with van der Waals surface area (Å²) in [6.45, 7) is 2.29. The summed E-state index contributed by atoms with van der Waals surface area (Å²) in [5.74, 6) is -2.30. The number of carbonyl (C=O) groups excluding carboxylic acids is 1. The van der Waals surface area contributed by atoms with Crippen LogP contribution in [0.5, 0.6) is 0 Å². The van der Waals surface area contributed by atoms with Crippen LogP contribution in [-0.2, 0) is 10.2 Å². The monoisotopic (exact) mass is 437 g/mol. The molecule has 1 saturated carbocycles. The largest absolute Gasteiger partial charge is 0.387 e. The molecule has 0 unspecified atom stereocenters. The third-order valence-corrected chi connectivity index (χ3v) is 7.14. The molecule has 31 heavy (non-hydrogen) atoms. The summed E-state index contributed by atoms with van der Waals surface area (Å²) >= 11 is 0. The molecule has 0 saturated heterocycles. The van der Waals surface area contributed by atoms with Gasteiger partial charge < -0.3 is 10.0 Å². The van der Waals surface area contributed by atoms with Crippen molar-refractivity contribution in [2.24, 2.45) is 5.41 Å². The molecular weight excluding hydrogens is 414 g/mol. The predicted octanol–water partition coefficient (Wildman–Crippen LogP) is 3.66. The van der Waals surface area contributed by atoms with Crippen LogP contribution in [0.2, 0.25) is 0 Å². The number of alkyl halides is 2. The second kappa shape index (κ2) is 7.55. The van der Waals surface area contributed by atoms with E-state index in [0.29, 0.717) is 12.1 Å². The van der Waals surface area contributed by atoms with Crippen LogP contribution in [0.25, 0.3) is 11.3 Å². The number of carbonyl (C=O) groups is 1. The Labute approximate surface area is 177 Å². The van der Waals surface area contributed by atoms with Crippen molar-refractivity contribution in [3.8, 4) is 11.3 Å². The number of fused-ring (bicyclic) bond motifs is 5. The first-order valence-electron chi connectivity index (χ1n) is 10.1. The number of aliphatic hydroxyl groups is 1. The second-order valence-corrected chi connectivity index (χ2v) is 8.85. The van der Waals surface area contributed by atoms with Gasteiger partial charge in [0.15, 0.2) is 0 Å². The van der Waals surface area contributed by atoms with Crippen molar-refractivity contribution in [2.45, 2.75) is 44.4 Å². The average Bonchev–Trinajstić information content (AvgIpc) is 3.06. The molecule has 2 aliphatic carbocycles. The van der Waals surface area contributed by atoms with E-state index < -0.39 is 47.9 Å². The van der Waals surface area contributed by atoms with E-state index in [-0.39, 0.29) is 23.7 Å². The minimum atomic E-state index is -2.74. The molecule has 1 amide bonds. The van der Waals surface area contributed by atoms with Gasteiger partial charge in [0.05, 0.1) is 23.5 Å². The van der Waals surface area contributed by atoms with E-state index in [4.69, 9.17) is 0 Å². The first kappa shape index (κ1) is 21.7. The van der Waals surface area contributed by atoms with Crippen LogP contribution in [0.3, 0.4) is 0 Å². The number of hydrogen-bond donors (Lipinski definition) is 1. The zero-order chi connectivity index (χ0) is 22.6. The van der Waals surface area contributed by atoms with Gasteiger partial charge in [-0.15, -0.1) is 0 Å². The molecule has 1 fully saturated rings. The number of amides is 1. The zero-order valence-corrected chi connectivity index (χ0v) is 17.2. The molecule has 9 heteroatoms. The summed E-state index contributed by atoms with van der Waals surface area (Å²) in [4.78, 5) is 13.1. The molecule has 2 aliphatic rings. The highest BCUT2D eigenvalue weighted by atomic mass is 19.3. The van der Waals surface area contributed by atoms with Gasteiger partial charge in [-0.25, -0.2) is 17.6 Å². The number of aromatic nitrogens is 2. The molecule has 0 spiro atoms. The van der Waals surface area contributed by atoms with E-state index in [0.717, 1.165) is 29.0 Å². The van der Waals surface area contributed by atoms with E-state index in [9.17, 15) is 27.5 Å². The number of aliphatic hydroxyl groups excluding tert-OH is 1. The van der Waals surface area contributed by atoms with Crippen molar-refractivity contribution < 1.29 is 27.5 Å². The summed E-state index contributed by atoms with van der Waals surface area (Å²) in [5.41, 5.74) is -0.0408. The lowest BCUT2D eigenvalue weighted by atomic mass is 9.68. The molecule has 0 radical (unpaired) electrons. The summed E-state index contributed by atoms with van der Waals surface area (Å²) in [7, 11) is 0. The Bertz CT molecular complexity index is 1010. The highest BCUT2D eigenvalue weighted by Gasteiger charge is 2.64. The number of benzene rings is 1. The Morgan fingerprint density at radius 3 is 2.55 bits per heavy atom. The van der Waals surface area contributed by atoms with Crippen molar-refractivity contribution in [1.82, 2.24) is 15.1 Å². The lowest BCUT2D eigenvalue weighted by molar-refractivity contribution is -0.137. The van der Waals surface area contributed by atoms with Gasteiger partial charge in [-0.2, -0.15) is 10.2 Å². The van der Waals surface area contributed by atoms with Crippen LogP contribution in [0.1, 0.15) is 43.9 Å². The SMILES string of the molecule is CC1(C)[C@H]2CC[C@]1(CN(CC(F)F)C(=O)CO)c1nnc(-c3c(F)cccc3F)cc12. The van der Waals surface area contributed by atoms with Crippen molar-refractivity contribution in [3.05, 3.63) is 47.2 Å². The smallest absolute Gasteiger partial charge is 0.255 e. The van der Waals surface area contributed by atoms with Crippen molar-refractivity contribution in [2.75, 3.05) is 19.7 Å². The van der Waals surface area contributed by atoms with Crippen LogP contribution in [-0.4, -0.2) is 52.2 Å². The summed E-state index contributed by atoms with van der Waals surface area (Å²) in [6.07, 6.45) is -1.41. The molecule has 2 bridgehead atoms. The Morgan fingerprint density at radius 1 is 1.26 bits per heavy atom. The van der Waals surface area contributed by atoms with Crippen LogP contribution >= 0.6 is 0 Å². The minimum Gasteiger partial charge on any atom is -0.387 e. The Morgan fingerprint density at radius 2 is 1.94 bits per heavy atom. The van der Waals surface area contributed by atoms with Crippen molar-refractivity contribution in [1.29, 1.82) is 0 Å². The highest BCUT2D eigenvalue weighted by Crippen LogP contribution is 2.67. The van der Waals surface area contributed by atoms with E-state index in [1.807, 2.05) is 13.8 Å². The number of nitrogens with zero attached hydrogens (tertiary/aromatic N) is 3. The molecule has 2 atom stereocenters. The van der Waals surface area contributed by atoms with Crippen LogP contribution in [0, 0.1) is 17.0 Å². The van der Waals surface area contributed by atoms with Gasteiger partial charge >= 0.3 is 0 Å². The number of halogens is 4. The van der Waals surface area contributed by atoms with Gasteiger partial charge in [0.2, 0.25) is 5.91 Å². The molecule has 166 valence electrons. The lowest BCUT2D eigenvalue weighted by Crippen LogP contribution is -2.50. The molecule has 4 rings (SSSR count). The van der Waals surface area contributed by atoms with E-state index >= 15 is 0 Å². The van der Waals surface area contributed by atoms with Gasteiger partial charge in [-0.05, 0) is 47.9 Å². The Balaban J connectivity index is 1.80. The molecule has 1 heterocycles. The fraction of sp³-hybridized carbons (Fsp3) is 0.500. The van der Waals surface area contributed by atoms with Gasteiger partial charge in [0, 0.05) is 12.0 Å². The van der Waals surface area contributed by atoms with Gasteiger partial charge in [-0.1, -0.05) is 19.9 Å². The maximum atomic E-state index is 14.3. The number of rotatable bonds is 6. The molecule has 2 aromatic rings. The number of hydrogen-bond acceptors (Lipinski definition) is 4.